The Labute approximate surface area is 234 Å². The summed E-state index contributed by atoms with van der Waals surface area (Å²) in [6.45, 7) is 1.90. The standard InChI is InChI=1S/C29H23BClF3N3O3/c1-15-22(31)10-17-9-18(11-23(40-2)25(17)36-15)27(39)35-8-7-20-12-21-24(30-13-29(21,14-38)28(33)34)26(37-20)16-3-5-19(32)6-4-16/h3-6,9-12,14,28H,7-8,13H2,1-2H3,(H,35,39). The van der Waals surface area contributed by atoms with Crippen molar-refractivity contribution in [3.05, 3.63) is 81.9 Å². The van der Waals surface area contributed by atoms with Gasteiger partial charge in [0.2, 0.25) is 0 Å². The molecule has 11 heteroatoms. The molecule has 5 rings (SSSR count). The third kappa shape index (κ3) is 4.92. The first kappa shape index (κ1) is 27.6. The number of methoxy groups -OCH3 is 1. The Hall–Kier alpha value is -3.92. The molecule has 1 atom stereocenters. The van der Waals surface area contributed by atoms with Crippen molar-refractivity contribution in [2.75, 3.05) is 13.7 Å². The van der Waals surface area contributed by atoms with Crippen molar-refractivity contribution in [3.63, 3.8) is 0 Å². The van der Waals surface area contributed by atoms with Gasteiger partial charge in [-0.2, -0.15) is 0 Å². The molecule has 1 aliphatic heterocycles. The predicted molar refractivity (Wildman–Crippen MR) is 148 cm³/mol. The number of aryl methyl sites for hydroxylation is 1. The summed E-state index contributed by atoms with van der Waals surface area (Å²) >= 11 is 6.22. The number of halogens is 4. The molecule has 6 nitrogen and oxygen atoms in total. The second kappa shape index (κ2) is 10.9. The number of amides is 1. The van der Waals surface area contributed by atoms with Crippen LogP contribution in [0.5, 0.6) is 5.75 Å². The van der Waals surface area contributed by atoms with E-state index in [4.69, 9.17) is 16.3 Å². The van der Waals surface area contributed by atoms with Gasteiger partial charge in [0.25, 0.3) is 12.3 Å². The molecular weight excluding hydrogens is 542 g/mol. The van der Waals surface area contributed by atoms with Crippen LogP contribution < -0.4 is 15.5 Å². The number of aromatic nitrogens is 2. The van der Waals surface area contributed by atoms with E-state index in [1.165, 1.54) is 37.4 Å². The van der Waals surface area contributed by atoms with Crippen molar-refractivity contribution in [1.29, 1.82) is 0 Å². The summed E-state index contributed by atoms with van der Waals surface area (Å²) in [7, 11) is 3.05. The minimum absolute atomic E-state index is 0.132. The summed E-state index contributed by atoms with van der Waals surface area (Å²) < 4.78 is 47.3. The van der Waals surface area contributed by atoms with Gasteiger partial charge in [-0.1, -0.05) is 23.4 Å². The van der Waals surface area contributed by atoms with Crippen molar-refractivity contribution in [2.45, 2.75) is 31.5 Å². The Morgan fingerprint density at radius 1 is 1.20 bits per heavy atom. The predicted octanol–water partition coefficient (Wildman–Crippen LogP) is 4.84. The zero-order valence-corrected chi connectivity index (χ0v) is 22.4. The number of aldehydes is 1. The van der Waals surface area contributed by atoms with E-state index in [1.807, 2.05) is 0 Å². The largest absolute Gasteiger partial charge is 0.494 e. The second-order valence-corrected chi connectivity index (χ2v) is 10.0. The number of fused-ring (bicyclic) bond motifs is 2. The van der Waals surface area contributed by atoms with Gasteiger partial charge in [-0.25, -0.2) is 18.2 Å². The molecule has 0 aliphatic carbocycles. The van der Waals surface area contributed by atoms with Crippen LogP contribution in [0.2, 0.25) is 11.3 Å². The quantitative estimate of drug-likeness (QED) is 0.245. The molecule has 1 amide bonds. The highest BCUT2D eigenvalue weighted by Crippen LogP contribution is 2.38. The van der Waals surface area contributed by atoms with E-state index < -0.39 is 17.7 Å². The van der Waals surface area contributed by atoms with E-state index in [9.17, 15) is 22.8 Å². The van der Waals surface area contributed by atoms with Crippen LogP contribution in [-0.2, 0) is 16.6 Å². The van der Waals surface area contributed by atoms with Gasteiger partial charge in [0.1, 0.15) is 28.8 Å². The first-order chi connectivity index (χ1) is 19.2. The third-order valence-corrected chi connectivity index (χ3v) is 7.52. The summed E-state index contributed by atoms with van der Waals surface area (Å²) in [5, 5.41) is 3.91. The highest BCUT2D eigenvalue weighted by atomic mass is 35.5. The maximum Gasteiger partial charge on any atom is 0.254 e. The molecule has 0 saturated heterocycles. The van der Waals surface area contributed by atoms with Gasteiger partial charge < -0.3 is 14.8 Å². The van der Waals surface area contributed by atoms with Crippen LogP contribution in [0, 0.1) is 12.7 Å². The Morgan fingerprint density at radius 2 is 1.95 bits per heavy atom. The van der Waals surface area contributed by atoms with Gasteiger partial charge in [0.15, 0.2) is 7.28 Å². The van der Waals surface area contributed by atoms with Crippen LogP contribution in [0.3, 0.4) is 0 Å². The highest BCUT2D eigenvalue weighted by Gasteiger charge is 2.48. The fraction of sp³-hybridized carbons (Fsp3) is 0.241. The van der Waals surface area contributed by atoms with E-state index >= 15 is 0 Å². The molecule has 1 radical (unpaired) electrons. The average Bonchev–Trinajstić information content (AvgIpc) is 3.33. The number of alkyl halides is 2. The Morgan fingerprint density at radius 3 is 2.62 bits per heavy atom. The number of carbonyl (C=O) groups is 2. The van der Waals surface area contributed by atoms with Crippen molar-refractivity contribution in [3.8, 4) is 17.0 Å². The molecule has 203 valence electrons. The topological polar surface area (TPSA) is 81.2 Å². The summed E-state index contributed by atoms with van der Waals surface area (Å²) in [6.07, 6.45) is -2.60. The molecule has 1 N–H and O–H groups in total. The highest BCUT2D eigenvalue weighted by molar-refractivity contribution is 6.59. The Bertz CT molecular complexity index is 1640. The van der Waals surface area contributed by atoms with Crippen LogP contribution >= 0.6 is 11.6 Å². The molecule has 3 heterocycles. The van der Waals surface area contributed by atoms with Crippen LogP contribution in [0.25, 0.3) is 22.2 Å². The monoisotopic (exact) mass is 564 g/mol. The lowest BCUT2D eigenvalue weighted by atomic mass is 9.68. The van der Waals surface area contributed by atoms with Gasteiger partial charge in [0.05, 0.1) is 23.5 Å². The number of ether oxygens (including phenoxy) is 1. The third-order valence-electron chi connectivity index (χ3n) is 7.14. The van der Waals surface area contributed by atoms with E-state index in [-0.39, 0.29) is 37.0 Å². The molecule has 0 saturated carbocycles. The van der Waals surface area contributed by atoms with E-state index in [2.05, 4.69) is 15.3 Å². The van der Waals surface area contributed by atoms with E-state index in [0.717, 1.165) is 0 Å². The van der Waals surface area contributed by atoms with Gasteiger partial charge in [0, 0.05) is 29.6 Å². The molecule has 2 aromatic heterocycles. The van der Waals surface area contributed by atoms with Crippen LogP contribution in [0.4, 0.5) is 13.2 Å². The average molecular weight is 565 g/mol. The van der Waals surface area contributed by atoms with Crippen molar-refractivity contribution >= 4 is 47.4 Å². The fourth-order valence-electron chi connectivity index (χ4n) is 4.92. The van der Waals surface area contributed by atoms with Gasteiger partial charge >= 0.3 is 0 Å². The zero-order valence-electron chi connectivity index (χ0n) is 21.6. The number of pyridine rings is 2. The second-order valence-electron chi connectivity index (χ2n) is 9.61. The first-order valence-corrected chi connectivity index (χ1v) is 12.9. The summed E-state index contributed by atoms with van der Waals surface area (Å²) in [5.74, 6) is -0.420. The maximum atomic E-state index is 14.2. The summed E-state index contributed by atoms with van der Waals surface area (Å²) in [4.78, 5) is 34.0. The lowest BCUT2D eigenvalue weighted by molar-refractivity contribution is -0.116. The van der Waals surface area contributed by atoms with Crippen molar-refractivity contribution < 1.29 is 27.5 Å². The molecule has 40 heavy (non-hydrogen) atoms. The van der Waals surface area contributed by atoms with E-state index in [0.29, 0.717) is 55.3 Å². The number of hydrogen-bond donors (Lipinski definition) is 1. The number of nitrogens with zero attached hydrogens (tertiary/aromatic N) is 2. The number of rotatable bonds is 8. The van der Waals surface area contributed by atoms with Crippen LogP contribution in [0.1, 0.15) is 27.3 Å². The van der Waals surface area contributed by atoms with Gasteiger partial charge in [-0.05, 0) is 66.6 Å². The minimum atomic E-state index is -2.92. The molecular formula is C29H23BClF3N3O3. The van der Waals surface area contributed by atoms with Crippen LogP contribution in [-0.4, -0.2) is 49.5 Å². The molecule has 0 fully saturated rings. The lowest BCUT2D eigenvalue weighted by Gasteiger charge is -2.24. The Kier molecular flexibility index (Phi) is 7.55. The molecule has 4 aromatic rings. The van der Waals surface area contributed by atoms with Crippen molar-refractivity contribution in [1.82, 2.24) is 15.3 Å². The summed E-state index contributed by atoms with van der Waals surface area (Å²) in [6, 6.07) is 12.0. The molecule has 0 bridgehead atoms. The number of nitrogens with one attached hydrogen (secondary N) is 1. The molecule has 0 spiro atoms. The number of benzene rings is 2. The first-order valence-electron chi connectivity index (χ1n) is 12.5. The van der Waals surface area contributed by atoms with Gasteiger partial charge in [-0.15, -0.1) is 0 Å². The molecule has 2 aromatic carbocycles. The number of carbonyl (C=O) groups excluding carboxylic acids is 2. The minimum Gasteiger partial charge on any atom is -0.494 e. The SMILES string of the molecule is COc1cc(C(=O)NCCc2cc3c(c(-c4ccc(F)cc4)n2)[B]CC3(C=O)C(F)F)cc2cc(Cl)c(C)nc12. The van der Waals surface area contributed by atoms with Crippen molar-refractivity contribution in [2.24, 2.45) is 0 Å². The zero-order chi connectivity index (χ0) is 28.6. The lowest BCUT2D eigenvalue weighted by Crippen LogP contribution is -2.35. The molecule has 1 unspecified atom stereocenters. The maximum absolute atomic E-state index is 14.2. The Balaban J connectivity index is 1.43. The molecule has 1 aliphatic rings. The smallest absolute Gasteiger partial charge is 0.254 e. The summed E-state index contributed by atoms with van der Waals surface area (Å²) in [5.41, 5.74) is 1.46. The normalized spacial score (nSPS) is 16.1. The van der Waals surface area contributed by atoms with E-state index in [1.54, 1.807) is 32.4 Å². The van der Waals surface area contributed by atoms with Crippen LogP contribution in [0.15, 0.2) is 48.5 Å². The van der Waals surface area contributed by atoms with Gasteiger partial charge in [-0.3, -0.25) is 9.78 Å². The number of hydrogen-bond acceptors (Lipinski definition) is 5. The fourth-order valence-corrected chi connectivity index (χ4v) is 5.08.